The van der Waals surface area contributed by atoms with Gasteiger partial charge in [-0.25, -0.2) is 4.39 Å². The van der Waals surface area contributed by atoms with Gasteiger partial charge >= 0.3 is 0 Å². The maximum Gasteiger partial charge on any atom is 0.253 e. The highest BCUT2D eigenvalue weighted by atomic mass is 19.1. The first-order valence-corrected chi connectivity index (χ1v) is 3.02. The average molecular weight is 157 g/mol. The van der Waals surface area contributed by atoms with E-state index in [-0.39, 0.29) is 5.88 Å². The second-order valence-corrected chi connectivity index (χ2v) is 1.84. The molecule has 0 aliphatic heterocycles. The molecule has 60 valence electrons. The van der Waals surface area contributed by atoms with Crippen LogP contribution in [0.3, 0.4) is 0 Å². The molecule has 0 saturated heterocycles. The van der Waals surface area contributed by atoms with Gasteiger partial charge in [0.05, 0.1) is 14.2 Å². The van der Waals surface area contributed by atoms with Crippen LogP contribution < -0.4 is 9.47 Å². The van der Waals surface area contributed by atoms with Crippen molar-refractivity contribution >= 4 is 0 Å². The van der Waals surface area contributed by atoms with Gasteiger partial charge in [0.25, 0.3) is 5.88 Å². The summed E-state index contributed by atoms with van der Waals surface area (Å²) in [6.45, 7) is 0. The lowest BCUT2D eigenvalue weighted by atomic mass is 10.4. The number of pyridine rings is 1. The van der Waals surface area contributed by atoms with Crippen LogP contribution in [0.2, 0.25) is 0 Å². The quantitative estimate of drug-likeness (QED) is 0.647. The summed E-state index contributed by atoms with van der Waals surface area (Å²) in [6, 6.07) is 2.67. The van der Waals surface area contributed by atoms with E-state index in [9.17, 15) is 4.39 Å². The molecule has 11 heavy (non-hydrogen) atoms. The topological polar surface area (TPSA) is 31.4 Å². The van der Waals surface area contributed by atoms with Gasteiger partial charge in [-0.15, -0.1) is 0 Å². The first-order valence-electron chi connectivity index (χ1n) is 3.02. The zero-order valence-electron chi connectivity index (χ0n) is 6.30. The lowest BCUT2D eigenvalue weighted by Gasteiger charge is -2.01. The Bertz CT molecular complexity index is 252. The summed E-state index contributed by atoms with van der Waals surface area (Å²) >= 11 is 0. The van der Waals surface area contributed by atoms with Crippen LogP contribution >= 0.6 is 0 Å². The molecule has 0 spiro atoms. The molecule has 1 heterocycles. The minimum absolute atomic E-state index is 0.0515. The summed E-state index contributed by atoms with van der Waals surface area (Å²) in [4.78, 5) is 3.69. The van der Waals surface area contributed by atoms with Gasteiger partial charge in [0.2, 0.25) is 5.88 Å². The highest BCUT2D eigenvalue weighted by Gasteiger charge is 2.04. The van der Waals surface area contributed by atoms with Gasteiger partial charge in [-0.05, 0) is 6.07 Å². The zero-order chi connectivity index (χ0) is 8.27. The van der Waals surface area contributed by atoms with Gasteiger partial charge in [-0.3, -0.25) is 0 Å². The second-order valence-electron chi connectivity index (χ2n) is 1.84. The van der Waals surface area contributed by atoms with Crippen molar-refractivity contribution in [3.63, 3.8) is 0 Å². The van der Waals surface area contributed by atoms with Crippen molar-refractivity contribution in [2.75, 3.05) is 14.2 Å². The van der Waals surface area contributed by atoms with Crippen LogP contribution in [0.5, 0.6) is 11.8 Å². The Kier molecular flexibility index (Phi) is 2.25. The van der Waals surface area contributed by atoms with Crippen LogP contribution in [0.4, 0.5) is 4.39 Å². The van der Waals surface area contributed by atoms with Crippen molar-refractivity contribution in [1.29, 1.82) is 0 Å². The van der Waals surface area contributed by atoms with Crippen LogP contribution in [0.15, 0.2) is 12.1 Å². The predicted octanol–water partition coefficient (Wildman–Crippen LogP) is 1.24. The number of methoxy groups -OCH3 is 2. The number of ether oxygens (including phenoxy) is 2. The third-order valence-electron chi connectivity index (χ3n) is 1.19. The molecule has 0 atom stereocenters. The number of aromatic nitrogens is 1. The van der Waals surface area contributed by atoms with E-state index in [0.29, 0.717) is 5.88 Å². The van der Waals surface area contributed by atoms with Gasteiger partial charge in [0.15, 0.2) is 5.82 Å². The smallest absolute Gasteiger partial charge is 0.253 e. The molecule has 0 amide bonds. The number of rotatable bonds is 2. The molecular formula is C7H8FNO2. The van der Waals surface area contributed by atoms with Crippen molar-refractivity contribution in [3.8, 4) is 11.8 Å². The molecule has 0 bridgehead atoms. The molecule has 0 saturated carbocycles. The molecule has 0 unspecified atom stereocenters. The lowest BCUT2D eigenvalue weighted by molar-refractivity contribution is 0.345. The Balaban J connectivity index is 3.02. The number of halogens is 1. The Labute approximate surface area is 63.8 Å². The van der Waals surface area contributed by atoms with Gasteiger partial charge in [0, 0.05) is 6.07 Å². The molecule has 0 N–H and O–H groups in total. The van der Waals surface area contributed by atoms with Gasteiger partial charge in [-0.2, -0.15) is 4.98 Å². The molecule has 1 rings (SSSR count). The molecule has 0 aliphatic rings. The average Bonchev–Trinajstić information content (AvgIpc) is 2.05. The Morgan fingerprint density at radius 1 is 1.27 bits per heavy atom. The van der Waals surface area contributed by atoms with Crippen molar-refractivity contribution in [3.05, 3.63) is 17.9 Å². The summed E-state index contributed by atoms with van der Waals surface area (Å²) in [5.41, 5.74) is 0. The van der Waals surface area contributed by atoms with Gasteiger partial charge < -0.3 is 9.47 Å². The number of hydrogen-bond donors (Lipinski definition) is 0. The van der Waals surface area contributed by atoms with Crippen molar-refractivity contribution in [1.82, 2.24) is 4.98 Å². The van der Waals surface area contributed by atoms with E-state index < -0.39 is 5.82 Å². The van der Waals surface area contributed by atoms with E-state index in [2.05, 4.69) is 9.72 Å². The Morgan fingerprint density at radius 2 is 2.00 bits per heavy atom. The van der Waals surface area contributed by atoms with E-state index in [1.807, 2.05) is 0 Å². The van der Waals surface area contributed by atoms with Crippen molar-refractivity contribution in [2.45, 2.75) is 0 Å². The number of hydrogen-bond acceptors (Lipinski definition) is 3. The minimum atomic E-state index is -0.492. The van der Waals surface area contributed by atoms with Crippen molar-refractivity contribution in [2.24, 2.45) is 0 Å². The van der Waals surface area contributed by atoms with Crippen LogP contribution in [0.1, 0.15) is 0 Å². The Morgan fingerprint density at radius 3 is 2.55 bits per heavy atom. The maximum absolute atomic E-state index is 12.7. The standard InChI is InChI=1S/C7H8FNO2/c1-10-6-4-3-5(8)7(9-6)11-2/h3-4H,1-2H3. The number of nitrogens with zero attached hydrogens (tertiary/aromatic N) is 1. The first-order chi connectivity index (χ1) is 5.27. The fourth-order valence-electron chi connectivity index (χ4n) is 0.663. The normalized spacial score (nSPS) is 9.36. The molecule has 0 radical (unpaired) electrons. The van der Waals surface area contributed by atoms with E-state index in [1.54, 1.807) is 0 Å². The maximum atomic E-state index is 12.7. The highest BCUT2D eigenvalue weighted by Crippen LogP contribution is 2.16. The summed E-state index contributed by atoms with van der Waals surface area (Å²) in [5.74, 6) is -0.207. The van der Waals surface area contributed by atoms with Crippen LogP contribution in [-0.4, -0.2) is 19.2 Å². The van der Waals surface area contributed by atoms with Crippen LogP contribution in [-0.2, 0) is 0 Å². The van der Waals surface area contributed by atoms with E-state index >= 15 is 0 Å². The second kappa shape index (κ2) is 3.18. The fraction of sp³-hybridized carbons (Fsp3) is 0.286. The fourth-order valence-corrected chi connectivity index (χ4v) is 0.663. The molecule has 4 heteroatoms. The zero-order valence-corrected chi connectivity index (χ0v) is 6.30. The highest BCUT2D eigenvalue weighted by molar-refractivity contribution is 5.21. The molecule has 0 aliphatic carbocycles. The van der Waals surface area contributed by atoms with E-state index in [1.165, 1.54) is 26.4 Å². The molecule has 0 aromatic carbocycles. The SMILES string of the molecule is COc1ccc(F)c(OC)n1. The monoisotopic (exact) mass is 157 g/mol. The van der Waals surface area contributed by atoms with E-state index in [0.717, 1.165) is 0 Å². The Hall–Kier alpha value is -1.32. The molecule has 1 aromatic rings. The molecular weight excluding hydrogens is 149 g/mol. The summed E-state index contributed by atoms with van der Waals surface area (Å²) in [7, 11) is 2.81. The van der Waals surface area contributed by atoms with Crippen molar-refractivity contribution < 1.29 is 13.9 Å². The van der Waals surface area contributed by atoms with E-state index in [4.69, 9.17) is 4.74 Å². The molecule has 1 aromatic heterocycles. The predicted molar refractivity (Wildman–Crippen MR) is 37.3 cm³/mol. The van der Waals surface area contributed by atoms with Crippen LogP contribution in [0, 0.1) is 5.82 Å². The van der Waals surface area contributed by atoms with Gasteiger partial charge in [-0.1, -0.05) is 0 Å². The molecule has 0 fully saturated rings. The summed E-state index contributed by atoms with van der Waals surface area (Å²) in [6.07, 6.45) is 0. The third kappa shape index (κ3) is 1.58. The third-order valence-corrected chi connectivity index (χ3v) is 1.19. The lowest BCUT2D eigenvalue weighted by Crippen LogP contribution is -1.94. The summed E-state index contributed by atoms with van der Waals surface area (Å²) in [5, 5.41) is 0. The summed E-state index contributed by atoms with van der Waals surface area (Å²) < 4.78 is 22.0. The first kappa shape index (κ1) is 7.78. The minimum Gasteiger partial charge on any atom is -0.481 e. The molecule has 3 nitrogen and oxygen atoms in total. The van der Waals surface area contributed by atoms with Gasteiger partial charge in [0.1, 0.15) is 0 Å². The largest absolute Gasteiger partial charge is 0.481 e. The van der Waals surface area contributed by atoms with Crippen LogP contribution in [0.25, 0.3) is 0 Å².